The van der Waals surface area contributed by atoms with Crippen LogP contribution in [0.4, 0.5) is 24.5 Å². The zero-order chi connectivity index (χ0) is 26.1. The summed E-state index contributed by atoms with van der Waals surface area (Å²) in [6, 6.07) is 6.88. The van der Waals surface area contributed by atoms with E-state index in [1.165, 1.54) is 18.2 Å². The second kappa shape index (κ2) is 10.3. The molecule has 1 unspecified atom stereocenters. The lowest BCUT2D eigenvalue weighted by Gasteiger charge is -2.15. The Bertz CT molecular complexity index is 1450. The van der Waals surface area contributed by atoms with E-state index in [-0.39, 0.29) is 21.3 Å². The van der Waals surface area contributed by atoms with Crippen molar-refractivity contribution in [3.63, 3.8) is 0 Å². The van der Waals surface area contributed by atoms with Crippen LogP contribution in [-0.4, -0.2) is 27.9 Å². The number of anilines is 2. The molecule has 16 heteroatoms. The molecule has 3 rings (SSSR count). The van der Waals surface area contributed by atoms with Gasteiger partial charge in [0.25, 0.3) is 21.3 Å². The molecule has 0 saturated heterocycles. The molecular weight excluding hydrogens is 578 g/mol. The van der Waals surface area contributed by atoms with Crippen molar-refractivity contribution < 1.29 is 35.1 Å². The number of ketones is 1. The molecule has 2 aromatic carbocycles. The van der Waals surface area contributed by atoms with Crippen molar-refractivity contribution in [1.29, 1.82) is 0 Å². The minimum Gasteiger partial charge on any atom is -0.289 e. The lowest BCUT2D eigenvalue weighted by molar-refractivity contribution is -0.137. The number of sulfonamides is 1. The van der Waals surface area contributed by atoms with Gasteiger partial charge in [-0.15, -0.1) is 0 Å². The van der Waals surface area contributed by atoms with E-state index in [1.54, 1.807) is 0 Å². The van der Waals surface area contributed by atoms with Crippen LogP contribution in [0.25, 0.3) is 0 Å². The molecule has 0 radical (unpaired) electrons. The van der Waals surface area contributed by atoms with E-state index in [1.807, 2.05) is 4.72 Å². The van der Waals surface area contributed by atoms with E-state index in [2.05, 4.69) is 9.71 Å². The number of carbonyl (C=O) groups is 1. The molecule has 3 aromatic rings. The quantitative estimate of drug-likeness (QED) is 0.242. The first-order valence-electron chi connectivity index (χ1n) is 8.96. The van der Waals surface area contributed by atoms with Crippen LogP contribution >= 0.6 is 34.8 Å². The highest BCUT2D eigenvalue weighted by Gasteiger charge is 2.35. The van der Waals surface area contributed by atoms with Gasteiger partial charge in [0.1, 0.15) is 5.69 Å². The highest BCUT2D eigenvalue weighted by molar-refractivity contribution is 7.92. The average Bonchev–Trinajstić information content (AvgIpc) is 2.72. The van der Waals surface area contributed by atoms with Gasteiger partial charge >= 0.3 is 6.18 Å². The average molecular weight is 589 g/mol. The van der Waals surface area contributed by atoms with Crippen LogP contribution in [0.3, 0.4) is 0 Å². The van der Waals surface area contributed by atoms with Crippen LogP contribution in [-0.2, 0) is 27.5 Å². The lowest BCUT2D eigenvalue weighted by atomic mass is 10.0. The normalized spacial score (nSPS) is 12.8. The molecule has 8 nitrogen and oxygen atoms in total. The first-order chi connectivity index (χ1) is 16.2. The first-order valence-corrected chi connectivity index (χ1v) is 12.7. The number of benzene rings is 2. The topological polar surface area (TPSA) is 125 Å². The van der Waals surface area contributed by atoms with E-state index in [9.17, 15) is 30.6 Å². The van der Waals surface area contributed by atoms with E-state index >= 15 is 0 Å². The fourth-order valence-corrected chi connectivity index (χ4v) is 4.93. The van der Waals surface area contributed by atoms with Crippen molar-refractivity contribution in [2.45, 2.75) is 11.1 Å². The van der Waals surface area contributed by atoms with Crippen molar-refractivity contribution in [2.24, 2.45) is 0 Å². The van der Waals surface area contributed by atoms with Crippen molar-refractivity contribution >= 4 is 73.3 Å². The van der Waals surface area contributed by atoms with Crippen molar-refractivity contribution in [3.8, 4) is 0 Å². The molecule has 0 fully saturated rings. The molecule has 0 aliphatic heterocycles. The fraction of sp³-hybridized carbons (Fsp3) is 0.0526. The Morgan fingerprint density at radius 2 is 1.71 bits per heavy atom. The second-order valence-corrected chi connectivity index (χ2v) is 10.3. The Hall–Kier alpha value is -2.42. The largest absolute Gasteiger partial charge is 0.417 e. The van der Waals surface area contributed by atoms with Crippen LogP contribution in [0.5, 0.6) is 0 Å². The van der Waals surface area contributed by atoms with Gasteiger partial charge in [-0.05, 0) is 36.4 Å². The number of halogens is 6. The Morgan fingerprint density at radius 1 is 1.03 bits per heavy atom. The SMILES string of the molecule is O=C(c1ncc(Cl)cc1NS(=O)(=O)c1ccc(Cl)c(C(F)(F)F)c1)c1c(Cl)cccc1NS(=O)O. The maximum absolute atomic E-state index is 13.2. The van der Waals surface area contributed by atoms with Crippen molar-refractivity contribution in [3.05, 3.63) is 80.6 Å². The second-order valence-electron chi connectivity index (χ2n) is 6.64. The van der Waals surface area contributed by atoms with Crippen molar-refractivity contribution in [1.82, 2.24) is 4.98 Å². The molecule has 0 saturated carbocycles. The van der Waals surface area contributed by atoms with Gasteiger partial charge in [0.15, 0.2) is 0 Å². The predicted molar refractivity (Wildman–Crippen MR) is 126 cm³/mol. The molecule has 1 aromatic heterocycles. The standard InChI is InChI=1S/C19H11Cl3F3N3O5S2/c20-9-6-15(28-35(32,33)10-4-5-12(21)11(7-10)19(23,24)25)17(26-8-9)18(29)16-13(22)2-1-3-14(16)27-34(30)31/h1-8,27-28H,(H,30,31). The number of nitrogens with one attached hydrogen (secondary N) is 2. The number of pyridine rings is 1. The van der Waals surface area contributed by atoms with Gasteiger partial charge in [-0.2, -0.15) is 13.2 Å². The highest BCUT2D eigenvalue weighted by Crippen LogP contribution is 2.37. The number of rotatable bonds is 7. The smallest absolute Gasteiger partial charge is 0.289 e. The molecule has 1 atom stereocenters. The molecule has 0 bridgehead atoms. The van der Waals surface area contributed by atoms with Gasteiger partial charge in [0.2, 0.25) is 5.78 Å². The first kappa shape index (κ1) is 27.2. The van der Waals surface area contributed by atoms with Crippen LogP contribution in [0.1, 0.15) is 21.6 Å². The minimum atomic E-state index is -4.93. The van der Waals surface area contributed by atoms with Gasteiger partial charge in [-0.3, -0.25) is 18.8 Å². The summed E-state index contributed by atoms with van der Waals surface area (Å²) in [6.45, 7) is 0. The van der Waals surface area contributed by atoms with E-state index in [4.69, 9.17) is 39.4 Å². The summed E-state index contributed by atoms with van der Waals surface area (Å²) in [5, 5.41) is -0.986. The van der Waals surface area contributed by atoms with Gasteiger partial charge in [0.05, 0.1) is 42.5 Å². The van der Waals surface area contributed by atoms with Crippen LogP contribution in [0.15, 0.2) is 53.6 Å². The molecule has 0 amide bonds. The van der Waals surface area contributed by atoms with Gasteiger partial charge in [0, 0.05) is 6.20 Å². The Balaban J connectivity index is 2.10. The van der Waals surface area contributed by atoms with Gasteiger partial charge in [-0.25, -0.2) is 17.6 Å². The number of alkyl halides is 3. The van der Waals surface area contributed by atoms with Gasteiger partial charge < -0.3 is 0 Å². The zero-order valence-electron chi connectivity index (χ0n) is 16.7. The number of carbonyl (C=O) groups excluding carboxylic acids is 1. The number of nitrogens with zero attached hydrogens (tertiary/aromatic N) is 1. The lowest BCUT2D eigenvalue weighted by Crippen LogP contribution is -2.19. The maximum Gasteiger partial charge on any atom is 0.417 e. The summed E-state index contributed by atoms with van der Waals surface area (Å²) in [5.41, 5.74) is -2.89. The Morgan fingerprint density at radius 3 is 2.34 bits per heavy atom. The number of aromatic nitrogens is 1. The molecule has 186 valence electrons. The highest BCUT2D eigenvalue weighted by atomic mass is 35.5. The summed E-state index contributed by atoms with van der Waals surface area (Å²) in [4.78, 5) is 16.3. The van der Waals surface area contributed by atoms with Crippen LogP contribution < -0.4 is 9.44 Å². The minimum absolute atomic E-state index is 0.111. The van der Waals surface area contributed by atoms with Crippen molar-refractivity contribution in [2.75, 3.05) is 9.44 Å². The molecular formula is C19H11Cl3F3N3O5S2. The Labute approximate surface area is 213 Å². The summed E-state index contributed by atoms with van der Waals surface area (Å²) in [5.74, 6) is -0.981. The molecule has 0 spiro atoms. The number of hydrogen-bond donors (Lipinski definition) is 3. The van der Waals surface area contributed by atoms with E-state index < -0.39 is 60.1 Å². The third-order valence-electron chi connectivity index (χ3n) is 4.31. The van der Waals surface area contributed by atoms with Gasteiger partial charge in [-0.1, -0.05) is 40.9 Å². The summed E-state index contributed by atoms with van der Waals surface area (Å²) >= 11 is 14.9. The summed E-state index contributed by atoms with van der Waals surface area (Å²) in [7, 11) is -4.70. The maximum atomic E-state index is 13.2. The van der Waals surface area contributed by atoms with Crippen LogP contribution in [0.2, 0.25) is 15.1 Å². The molecule has 0 aliphatic rings. The Kier molecular flexibility index (Phi) is 7.99. The number of hydrogen-bond acceptors (Lipinski definition) is 5. The third kappa shape index (κ3) is 6.23. The molecule has 35 heavy (non-hydrogen) atoms. The predicted octanol–water partition coefficient (Wildman–Crippen LogP) is 5.64. The fourth-order valence-electron chi connectivity index (χ4n) is 2.84. The van der Waals surface area contributed by atoms with Crippen LogP contribution in [0, 0.1) is 0 Å². The molecule has 0 aliphatic carbocycles. The summed E-state index contributed by atoms with van der Waals surface area (Å²) < 4.78 is 89.8. The zero-order valence-corrected chi connectivity index (χ0v) is 20.6. The third-order valence-corrected chi connectivity index (χ3v) is 6.91. The summed E-state index contributed by atoms with van der Waals surface area (Å²) in [6.07, 6.45) is -3.91. The molecule has 1 heterocycles. The molecule has 3 N–H and O–H groups in total. The van der Waals surface area contributed by atoms with E-state index in [0.717, 1.165) is 24.4 Å². The van der Waals surface area contributed by atoms with E-state index in [0.29, 0.717) is 6.07 Å². The monoisotopic (exact) mass is 587 g/mol.